The molecule has 24 heavy (non-hydrogen) atoms. The van der Waals surface area contributed by atoms with E-state index in [2.05, 4.69) is 10.3 Å². The molecule has 6 nitrogen and oxygen atoms in total. The predicted molar refractivity (Wildman–Crippen MR) is 94.8 cm³/mol. The second kappa shape index (κ2) is 6.21. The molecule has 0 aliphatic carbocycles. The Morgan fingerprint density at radius 2 is 1.75 bits per heavy atom. The topological polar surface area (TPSA) is 69.7 Å². The highest BCUT2D eigenvalue weighted by molar-refractivity contribution is 6.65. The Kier molecular flexibility index (Phi) is 4.92. The van der Waals surface area contributed by atoms with E-state index in [1.54, 1.807) is 32.9 Å². The number of amides is 1. The summed E-state index contributed by atoms with van der Waals surface area (Å²) >= 11 is 6.25. The molecule has 0 aromatic carbocycles. The van der Waals surface area contributed by atoms with E-state index in [1.165, 1.54) is 0 Å². The van der Waals surface area contributed by atoms with Gasteiger partial charge in [-0.25, -0.2) is 9.78 Å². The number of aromatic nitrogens is 1. The van der Waals surface area contributed by atoms with Gasteiger partial charge in [-0.1, -0.05) is 17.7 Å². The standard InChI is InChI=1S/C16H24BClN2O4/c1-14(2,3)22-13(21)20-11-9-8-10(12(18)19-11)17-23-15(4,5)16(6,7)24-17/h8-9H,1-7H3,(H,19,20,21). The lowest BCUT2D eigenvalue weighted by atomic mass is 9.80. The number of anilines is 1. The van der Waals surface area contributed by atoms with Crippen LogP contribution in [0.2, 0.25) is 5.15 Å². The van der Waals surface area contributed by atoms with Gasteiger partial charge in [0.15, 0.2) is 0 Å². The zero-order chi connectivity index (χ0) is 18.3. The highest BCUT2D eigenvalue weighted by atomic mass is 35.5. The van der Waals surface area contributed by atoms with Crippen molar-refractivity contribution in [2.45, 2.75) is 65.3 Å². The first-order chi connectivity index (χ1) is 10.8. The van der Waals surface area contributed by atoms with Gasteiger partial charge in [0.05, 0.1) is 11.2 Å². The number of halogens is 1. The van der Waals surface area contributed by atoms with Gasteiger partial charge in [0.25, 0.3) is 0 Å². The number of pyridine rings is 1. The van der Waals surface area contributed by atoms with Gasteiger partial charge in [0.1, 0.15) is 16.6 Å². The average molecular weight is 355 g/mol. The monoisotopic (exact) mass is 354 g/mol. The fourth-order valence-electron chi connectivity index (χ4n) is 2.07. The Bertz CT molecular complexity index is 627. The largest absolute Gasteiger partial charge is 0.498 e. The van der Waals surface area contributed by atoms with Gasteiger partial charge in [-0.05, 0) is 54.5 Å². The van der Waals surface area contributed by atoms with Crippen LogP contribution in [0.5, 0.6) is 0 Å². The van der Waals surface area contributed by atoms with E-state index in [4.69, 9.17) is 25.6 Å². The Labute approximate surface area is 148 Å². The van der Waals surface area contributed by atoms with Crippen LogP contribution in [0.4, 0.5) is 10.6 Å². The molecule has 8 heteroatoms. The summed E-state index contributed by atoms with van der Waals surface area (Å²) in [5.41, 5.74) is -0.899. The molecule has 1 aromatic rings. The van der Waals surface area contributed by atoms with Gasteiger partial charge in [-0.15, -0.1) is 0 Å². The van der Waals surface area contributed by atoms with E-state index in [9.17, 15) is 4.79 Å². The molecule has 0 bridgehead atoms. The van der Waals surface area contributed by atoms with Gasteiger partial charge in [0, 0.05) is 5.46 Å². The third-order valence-electron chi connectivity index (χ3n) is 4.01. The predicted octanol–water partition coefficient (Wildman–Crippen LogP) is 3.38. The number of hydrogen-bond donors (Lipinski definition) is 1. The molecule has 1 amide bonds. The van der Waals surface area contributed by atoms with E-state index in [0.29, 0.717) is 11.3 Å². The third-order valence-corrected chi connectivity index (χ3v) is 4.32. The summed E-state index contributed by atoms with van der Waals surface area (Å²) in [5, 5.41) is 2.76. The maximum Gasteiger partial charge on any atom is 0.498 e. The van der Waals surface area contributed by atoms with Gasteiger partial charge in [-0.3, -0.25) is 5.32 Å². The van der Waals surface area contributed by atoms with Crippen molar-refractivity contribution < 1.29 is 18.8 Å². The van der Waals surface area contributed by atoms with Crippen molar-refractivity contribution in [3.8, 4) is 0 Å². The Balaban J connectivity index is 2.13. The Morgan fingerprint density at radius 3 is 2.21 bits per heavy atom. The molecular weight excluding hydrogens is 330 g/mol. The molecule has 1 N–H and O–H groups in total. The minimum Gasteiger partial charge on any atom is -0.444 e. The lowest BCUT2D eigenvalue weighted by Gasteiger charge is -2.32. The van der Waals surface area contributed by atoms with E-state index in [1.807, 2.05) is 27.7 Å². The lowest BCUT2D eigenvalue weighted by Crippen LogP contribution is -2.41. The Morgan fingerprint density at radius 1 is 1.21 bits per heavy atom. The highest BCUT2D eigenvalue weighted by Crippen LogP contribution is 2.36. The van der Waals surface area contributed by atoms with Crippen LogP contribution in [-0.2, 0) is 14.0 Å². The zero-order valence-electron chi connectivity index (χ0n) is 15.2. The second-order valence-electron chi connectivity index (χ2n) is 7.79. The van der Waals surface area contributed by atoms with Crippen molar-refractivity contribution in [2.24, 2.45) is 0 Å². The lowest BCUT2D eigenvalue weighted by molar-refractivity contribution is 0.00578. The first-order valence-electron chi connectivity index (χ1n) is 7.83. The van der Waals surface area contributed by atoms with Crippen molar-refractivity contribution in [2.75, 3.05) is 5.32 Å². The first kappa shape index (κ1) is 19.0. The summed E-state index contributed by atoms with van der Waals surface area (Å²) in [6, 6.07) is 3.36. The first-order valence-corrected chi connectivity index (χ1v) is 8.21. The van der Waals surface area contributed by atoms with Crippen molar-refractivity contribution in [3.05, 3.63) is 17.3 Å². The molecule has 1 aliphatic heterocycles. The molecule has 0 spiro atoms. The summed E-state index contributed by atoms with van der Waals surface area (Å²) < 4.78 is 17.1. The average Bonchev–Trinajstić information content (AvgIpc) is 2.55. The maximum atomic E-state index is 11.8. The molecule has 0 radical (unpaired) electrons. The van der Waals surface area contributed by atoms with E-state index in [-0.39, 0.29) is 5.15 Å². The van der Waals surface area contributed by atoms with E-state index < -0.39 is 30.0 Å². The second-order valence-corrected chi connectivity index (χ2v) is 8.15. The minimum atomic E-state index is -0.606. The third kappa shape index (κ3) is 4.20. The van der Waals surface area contributed by atoms with Crippen LogP contribution in [0.25, 0.3) is 0 Å². The van der Waals surface area contributed by atoms with Gasteiger partial charge < -0.3 is 14.0 Å². The number of carbonyl (C=O) groups excluding carboxylic acids is 1. The summed E-state index contributed by atoms with van der Waals surface area (Å²) in [6.45, 7) is 13.2. The fraction of sp³-hybridized carbons (Fsp3) is 0.625. The van der Waals surface area contributed by atoms with Crippen LogP contribution in [0.3, 0.4) is 0 Å². The van der Waals surface area contributed by atoms with E-state index in [0.717, 1.165) is 0 Å². The smallest absolute Gasteiger partial charge is 0.444 e. The van der Waals surface area contributed by atoms with Crippen LogP contribution < -0.4 is 10.8 Å². The van der Waals surface area contributed by atoms with E-state index >= 15 is 0 Å². The van der Waals surface area contributed by atoms with Crippen LogP contribution in [0.1, 0.15) is 48.5 Å². The summed E-state index contributed by atoms with van der Waals surface area (Å²) in [6.07, 6.45) is -0.588. The number of nitrogens with zero attached hydrogens (tertiary/aromatic N) is 1. The number of carbonyl (C=O) groups is 1. The molecule has 0 saturated carbocycles. The van der Waals surface area contributed by atoms with Crippen LogP contribution in [0, 0.1) is 0 Å². The molecule has 2 heterocycles. The SMILES string of the molecule is CC(C)(C)OC(=O)Nc1ccc(B2OC(C)(C)C(C)(C)O2)c(Cl)n1. The number of nitrogens with one attached hydrogen (secondary N) is 1. The highest BCUT2D eigenvalue weighted by Gasteiger charge is 2.52. The number of rotatable bonds is 2. The number of ether oxygens (including phenoxy) is 1. The maximum absolute atomic E-state index is 11.8. The fourth-order valence-corrected chi connectivity index (χ4v) is 2.31. The van der Waals surface area contributed by atoms with Crippen LogP contribution in [0.15, 0.2) is 12.1 Å². The molecule has 2 rings (SSSR count). The molecule has 1 saturated heterocycles. The van der Waals surface area contributed by atoms with Crippen molar-refractivity contribution in [1.82, 2.24) is 4.98 Å². The van der Waals surface area contributed by atoms with Crippen molar-refractivity contribution >= 4 is 36.1 Å². The normalized spacial score (nSPS) is 19.2. The zero-order valence-corrected chi connectivity index (χ0v) is 15.9. The summed E-state index contributed by atoms with van der Waals surface area (Å²) in [5.74, 6) is 0.300. The molecule has 0 unspecified atom stereocenters. The summed E-state index contributed by atoms with van der Waals surface area (Å²) in [7, 11) is -0.606. The number of hydrogen-bond acceptors (Lipinski definition) is 5. The quantitative estimate of drug-likeness (QED) is 0.651. The van der Waals surface area contributed by atoms with Crippen molar-refractivity contribution in [3.63, 3.8) is 0 Å². The van der Waals surface area contributed by atoms with Gasteiger partial charge in [-0.2, -0.15) is 0 Å². The van der Waals surface area contributed by atoms with Crippen LogP contribution >= 0.6 is 11.6 Å². The molecule has 0 atom stereocenters. The molecule has 1 fully saturated rings. The van der Waals surface area contributed by atoms with Crippen LogP contribution in [-0.4, -0.2) is 35.0 Å². The Hall–Kier alpha value is -1.31. The van der Waals surface area contributed by atoms with Crippen molar-refractivity contribution in [1.29, 1.82) is 0 Å². The van der Waals surface area contributed by atoms with Gasteiger partial charge >= 0.3 is 13.2 Å². The minimum absolute atomic E-state index is 0.210. The molecular formula is C16H24BClN2O4. The molecule has 1 aliphatic rings. The summed E-state index contributed by atoms with van der Waals surface area (Å²) in [4.78, 5) is 16.0. The van der Waals surface area contributed by atoms with Gasteiger partial charge in [0.2, 0.25) is 0 Å². The molecule has 1 aromatic heterocycles. The molecule has 132 valence electrons.